The highest BCUT2D eigenvalue weighted by atomic mass is 32.2. The second-order valence-electron chi connectivity index (χ2n) is 5.67. The van der Waals surface area contributed by atoms with Crippen molar-refractivity contribution in [3.05, 3.63) is 29.8 Å². The number of nitrogens with zero attached hydrogens (tertiary/aromatic N) is 1. The Morgan fingerprint density at radius 2 is 2.05 bits per heavy atom. The average molecular weight is 310 g/mol. The van der Waals surface area contributed by atoms with E-state index >= 15 is 0 Å². The van der Waals surface area contributed by atoms with Crippen LogP contribution in [-0.4, -0.2) is 32.4 Å². The summed E-state index contributed by atoms with van der Waals surface area (Å²) in [7, 11) is -1.46. The molecule has 0 heterocycles. The van der Waals surface area contributed by atoms with Crippen LogP contribution < -0.4 is 5.32 Å². The minimum Gasteiger partial charge on any atom is -0.313 e. The molecule has 118 valence electrons. The standard InChI is InChI=1S/C16H26N2O2S/c1-4-11-18(14-9-10-14)21(19,20)15-8-6-7-13(12-15)16(5-2)17-3/h6-8,12,14,16-17H,4-5,9-11H2,1-3H3. The second-order valence-corrected chi connectivity index (χ2v) is 7.56. The molecule has 2 rings (SSSR count). The maximum absolute atomic E-state index is 12.9. The number of sulfonamides is 1. The number of hydrogen-bond acceptors (Lipinski definition) is 3. The van der Waals surface area contributed by atoms with Crippen molar-refractivity contribution < 1.29 is 8.42 Å². The normalized spacial score (nSPS) is 17.1. The van der Waals surface area contributed by atoms with Crippen molar-refractivity contribution in [2.24, 2.45) is 0 Å². The topological polar surface area (TPSA) is 49.4 Å². The zero-order valence-corrected chi connectivity index (χ0v) is 14.0. The molecule has 0 bridgehead atoms. The van der Waals surface area contributed by atoms with Crippen LogP contribution in [0.15, 0.2) is 29.2 Å². The van der Waals surface area contributed by atoms with E-state index in [2.05, 4.69) is 12.2 Å². The molecule has 0 saturated heterocycles. The number of hydrogen-bond donors (Lipinski definition) is 1. The molecule has 1 aromatic rings. The van der Waals surface area contributed by atoms with E-state index in [1.165, 1.54) is 0 Å². The lowest BCUT2D eigenvalue weighted by molar-refractivity contribution is 0.403. The Morgan fingerprint density at radius 1 is 1.33 bits per heavy atom. The Balaban J connectivity index is 2.33. The van der Waals surface area contributed by atoms with Gasteiger partial charge in [0.25, 0.3) is 0 Å². The molecule has 0 aliphatic heterocycles. The summed E-state index contributed by atoms with van der Waals surface area (Å²) in [6, 6.07) is 7.78. The average Bonchev–Trinajstić information content (AvgIpc) is 3.31. The summed E-state index contributed by atoms with van der Waals surface area (Å²) in [5.41, 5.74) is 1.04. The Kier molecular flexibility index (Phi) is 5.41. The third-order valence-electron chi connectivity index (χ3n) is 4.02. The summed E-state index contributed by atoms with van der Waals surface area (Å²) < 4.78 is 27.4. The number of nitrogens with one attached hydrogen (secondary N) is 1. The van der Waals surface area contributed by atoms with Gasteiger partial charge in [-0.25, -0.2) is 8.42 Å². The van der Waals surface area contributed by atoms with E-state index in [0.29, 0.717) is 11.4 Å². The monoisotopic (exact) mass is 310 g/mol. The van der Waals surface area contributed by atoms with Crippen LogP contribution in [0.4, 0.5) is 0 Å². The van der Waals surface area contributed by atoms with Crippen molar-refractivity contribution >= 4 is 10.0 Å². The van der Waals surface area contributed by atoms with E-state index in [9.17, 15) is 8.42 Å². The molecule has 1 aromatic carbocycles. The fourth-order valence-corrected chi connectivity index (χ4v) is 4.55. The molecule has 1 unspecified atom stereocenters. The summed E-state index contributed by atoms with van der Waals surface area (Å²) >= 11 is 0. The Hall–Kier alpha value is -0.910. The van der Waals surface area contributed by atoms with Gasteiger partial charge in [-0.2, -0.15) is 4.31 Å². The van der Waals surface area contributed by atoms with E-state index in [4.69, 9.17) is 0 Å². The van der Waals surface area contributed by atoms with Crippen molar-refractivity contribution in [1.29, 1.82) is 0 Å². The summed E-state index contributed by atoms with van der Waals surface area (Å²) in [6.45, 7) is 4.73. The van der Waals surface area contributed by atoms with Gasteiger partial charge in [-0.05, 0) is 50.4 Å². The van der Waals surface area contributed by atoms with Gasteiger partial charge in [0.2, 0.25) is 10.0 Å². The van der Waals surface area contributed by atoms with Gasteiger partial charge < -0.3 is 5.32 Å². The van der Waals surface area contributed by atoms with Crippen LogP contribution in [0.5, 0.6) is 0 Å². The lowest BCUT2D eigenvalue weighted by atomic mass is 10.1. The summed E-state index contributed by atoms with van der Waals surface area (Å²) in [6.07, 6.45) is 3.77. The number of benzene rings is 1. The van der Waals surface area contributed by atoms with E-state index in [1.807, 2.05) is 32.2 Å². The molecule has 1 fully saturated rings. The molecule has 1 saturated carbocycles. The van der Waals surface area contributed by atoms with Gasteiger partial charge in [-0.15, -0.1) is 0 Å². The predicted molar refractivity (Wildman–Crippen MR) is 85.7 cm³/mol. The molecule has 1 aliphatic rings. The minimum absolute atomic E-state index is 0.195. The van der Waals surface area contributed by atoms with Gasteiger partial charge in [-0.1, -0.05) is 26.0 Å². The van der Waals surface area contributed by atoms with E-state index in [0.717, 1.165) is 31.2 Å². The molecule has 0 amide bonds. The molecular formula is C16H26N2O2S. The first-order chi connectivity index (χ1) is 10.0. The zero-order chi connectivity index (χ0) is 15.5. The fourth-order valence-electron chi connectivity index (χ4n) is 2.72. The largest absolute Gasteiger partial charge is 0.313 e. The maximum Gasteiger partial charge on any atom is 0.243 e. The van der Waals surface area contributed by atoms with Gasteiger partial charge in [0.15, 0.2) is 0 Å². The Labute approximate surface area is 128 Å². The van der Waals surface area contributed by atoms with E-state index in [1.54, 1.807) is 10.4 Å². The summed E-state index contributed by atoms with van der Waals surface area (Å²) in [5.74, 6) is 0. The van der Waals surface area contributed by atoms with Gasteiger partial charge in [0.1, 0.15) is 0 Å². The minimum atomic E-state index is -3.37. The van der Waals surface area contributed by atoms with Crippen molar-refractivity contribution in [2.75, 3.05) is 13.6 Å². The van der Waals surface area contributed by atoms with Crippen molar-refractivity contribution in [3.8, 4) is 0 Å². The lowest BCUT2D eigenvalue weighted by Crippen LogP contribution is -2.34. The third-order valence-corrected chi connectivity index (χ3v) is 5.97. The van der Waals surface area contributed by atoms with Crippen molar-refractivity contribution in [2.45, 2.75) is 56.5 Å². The van der Waals surface area contributed by atoms with Crippen LogP contribution in [0, 0.1) is 0 Å². The first kappa shape index (κ1) is 16.5. The van der Waals surface area contributed by atoms with Crippen LogP contribution in [0.3, 0.4) is 0 Å². The van der Waals surface area contributed by atoms with Crippen LogP contribution in [0.25, 0.3) is 0 Å². The zero-order valence-electron chi connectivity index (χ0n) is 13.2. The summed E-state index contributed by atoms with van der Waals surface area (Å²) in [5, 5.41) is 3.23. The smallest absolute Gasteiger partial charge is 0.243 e. The van der Waals surface area contributed by atoms with E-state index in [-0.39, 0.29) is 12.1 Å². The maximum atomic E-state index is 12.9. The molecule has 0 radical (unpaired) electrons. The van der Waals surface area contributed by atoms with Gasteiger partial charge in [0, 0.05) is 18.6 Å². The Bertz CT molecular complexity index is 563. The van der Waals surface area contributed by atoms with Gasteiger partial charge in [0.05, 0.1) is 4.90 Å². The Morgan fingerprint density at radius 3 is 2.57 bits per heavy atom. The fraction of sp³-hybridized carbons (Fsp3) is 0.625. The SMILES string of the molecule is CCCN(C1CC1)S(=O)(=O)c1cccc(C(CC)NC)c1. The van der Waals surface area contributed by atoms with Crippen LogP contribution in [-0.2, 0) is 10.0 Å². The second kappa shape index (κ2) is 6.90. The first-order valence-corrected chi connectivity index (χ1v) is 9.27. The molecule has 1 atom stereocenters. The van der Waals surface area contributed by atoms with Crippen LogP contribution in [0.2, 0.25) is 0 Å². The quantitative estimate of drug-likeness (QED) is 0.803. The summed E-state index contributed by atoms with van der Waals surface area (Å²) in [4.78, 5) is 0.425. The van der Waals surface area contributed by atoms with Crippen molar-refractivity contribution in [1.82, 2.24) is 9.62 Å². The molecule has 0 spiro atoms. The lowest BCUT2D eigenvalue weighted by Gasteiger charge is -2.22. The molecule has 1 N–H and O–H groups in total. The molecular weight excluding hydrogens is 284 g/mol. The van der Waals surface area contributed by atoms with Crippen molar-refractivity contribution in [3.63, 3.8) is 0 Å². The van der Waals surface area contributed by atoms with Gasteiger partial charge in [-0.3, -0.25) is 0 Å². The number of rotatable bonds is 8. The van der Waals surface area contributed by atoms with E-state index < -0.39 is 10.0 Å². The van der Waals surface area contributed by atoms with Crippen LogP contribution in [0.1, 0.15) is 51.1 Å². The van der Waals surface area contributed by atoms with Gasteiger partial charge >= 0.3 is 0 Å². The molecule has 5 heteroatoms. The molecule has 4 nitrogen and oxygen atoms in total. The van der Waals surface area contributed by atoms with Crippen LogP contribution >= 0.6 is 0 Å². The highest BCUT2D eigenvalue weighted by Gasteiger charge is 2.37. The third kappa shape index (κ3) is 3.65. The highest BCUT2D eigenvalue weighted by molar-refractivity contribution is 7.89. The highest BCUT2D eigenvalue weighted by Crippen LogP contribution is 2.32. The predicted octanol–water partition coefficient (Wildman–Crippen LogP) is 2.92. The first-order valence-electron chi connectivity index (χ1n) is 7.83. The molecule has 21 heavy (non-hydrogen) atoms. The molecule has 0 aromatic heterocycles. The molecule has 1 aliphatic carbocycles.